The largest absolute Gasteiger partial charge is 0.511 e. The number of hydrogen-bond acceptors (Lipinski definition) is 6. The summed E-state index contributed by atoms with van der Waals surface area (Å²) < 4.78 is 5.94. The number of aliphatic hydroxyl groups is 1. The maximum atomic E-state index is 13.4. The standard InChI is InChI=1S/C27H21ClN2O3S2/c28-20-9-4-5-10-22(20)35-25-21(31)15-27(30-26(25)32,19-13-14-34-17-19)23-11-6-12-24(29-23)33-16-18-7-2-1-3-8-18/h1-14,17,31H,15-16H2,(H,30,32). The highest BCUT2D eigenvalue weighted by molar-refractivity contribution is 8.04. The Labute approximate surface area is 216 Å². The second-order valence-corrected chi connectivity index (χ2v) is 10.2. The molecule has 0 saturated heterocycles. The Morgan fingerprint density at radius 3 is 2.60 bits per heavy atom. The number of ether oxygens (including phenoxy) is 1. The number of thioether (sulfide) groups is 1. The number of thiophene rings is 1. The van der Waals surface area contributed by atoms with Crippen molar-refractivity contribution in [1.29, 1.82) is 0 Å². The van der Waals surface area contributed by atoms with E-state index >= 15 is 0 Å². The molecule has 4 aromatic rings. The highest BCUT2D eigenvalue weighted by Crippen LogP contribution is 2.44. The van der Waals surface area contributed by atoms with Crippen LogP contribution in [0.1, 0.15) is 23.2 Å². The molecular weight excluding hydrogens is 500 g/mol. The normalized spacial score (nSPS) is 17.8. The van der Waals surface area contributed by atoms with E-state index in [-0.39, 0.29) is 23.0 Å². The number of benzene rings is 2. The molecule has 0 saturated carbocycles. The van der Waals surface area contributed by atoms with Gasteiger partial charge in [0.2, 0.25) is 5.88 Å². The summed E-state index contributed by atoms with van der Waals surface area (Å²) in [5.74, 6) is 0.0412. The van der Waals surface area contributed by atoms with E-state index in [2.05, 4.69) is 5.32 Å². The first-order valence-electron chi connectivity index (χ1n) is 10.9. The summed E-state index contributed by atoms with van der Waals surface area (Å²) in [4.78, 5) is 19.0. The van der Waals surface area contributed by atoms with Gasteiger partial charge in [-0.1, -0.05) is 71.9 Å². The van der Waals surface area contributed by atoms with Crippen molar-refractivity contribution in [3.8, 4) is 5.88 Å². The van der Waals surface area contributed by atoms with Crippen molar-refractivity contribution in [2.45, 2.75) is 23.5 Å². The Balaban J connectivity index is 1.48. The number of nitrogens with one attached hydrogen (secondary N) is 1. The van der Waals surface area contributed by atoms with Gasteiger partial charge in [-0.2, -0.15) is 11.3 Å². The molecule has 0 bridgehead atoms. The first kappa shape index (κ1) is 23.5. The van der Waals surface area contributed by atoms with E-state index in [1.165, 1.54) is 11.3 Å². The first-order valence-corrected chi connectivity index (χ1v) is 13.0. The quantitative estimate of drug-likeness (QED) is 0.283. The number of nitrogens with zero attached hydrogens (tertiary/aromatic N) is 1. The van der Waals surface area contributed by atoms with Gasteiger partial charge in [0.05, 0.1) is 10.7 Å². The monoisotopic (exact) mass is 520 g/mol. The van der Waals surface area contributed by atoms with Gasteiger partial charge in [-0.15, -0.1) is 0 Å². The summed E-state index contributed by atoms with van der Waals surface area (Å²) in [6.07, 6.45) is 0.150. The van der Waals surface area contributed by atoms with E-state index < -0.39 is 5.54 Å². The Hall–Kier alpha value is -3.26. The van der Waals surface area contributed by atoms with Gasteiger partial charge in [-0.25, -0.2) is 4.98 Å². The smallest absolute Gasteiger partial charge is 0.262 e. The van der Waals surface area contributed by atoms with E-state index in [1.807, 2.05) is 77.5 Å². The number of aromatic nitrogens is 1. The van der Waals surface area contributed by atoms with Crippen LogP contribution in [0.4, 0.5) is 0 Å². The average Bonchev–Trinajstić information content (AvgIpc) is 3.42. The SMILES string of the molecule is O=C1NC(c2ccsc2)(c2cccc(OCc3ccccc3)n2)CC(O)=C1Sc1ccccc1Cl. The summed E-state index contributed by atoms with van der Waals surface area (Å²) in [5, 5.41) is 18.7. The maximum absolute atomic E-state index is 13.4. The summed E-state index contributed by atoms with van der Waals surface area (Å²) in [7, 11) is 0. The van der Waals surface area contributed by atoms with Crippen molar-refractivity contribution < 1.29 is 14.6 Å². The molecule has 3 heterocycles. The number of carbonyl (C=O) groups is 1. The molecule has 5 rings (SSSR count). The number of carbonyl (C=O) groups excluding carboxylic acids is 1. The Kier molecular flexibility index (Phi) is 6.81. The van der Waals surface area contributed by atoms with Crippen molar-refractivity contribution in [3.63, 3.8) is 0 Å². The van der Waals surface area contributed by atoms with Crippen LogP contribution in [0.5, 0.6) is 5.88 Å². The molecule has 1 atom stereocenters. The maximum Gasteiger partial charge on any atom is 0.262 e. The summed E-state index contributed by atoms with van der Waals surface area (Å²) in [6.45, 7) is 0.374. The van der Waals surface area contributed by atoms with Crippen molar-refractivity contribution in [3.05, 3.63) is 122 Å². The molecule has 1 amide bonds. The van der Waals surface area contributed by atoms with Gasteiger partial charge in [-0.3, -0.25) is 4.79 Å². The number of pyridine rings is 1. The lowest BCUT2D eigenvalue weighted by molar-refractivity contribution is -0.119. The Bertz CT molecular complexity index is 1380. The van der Waals surface area contributed by atoms with Crippen LogP contribution in [-0.4, -0.2) is 16.0 Å². The highest BCUT2D eigenvalue weighted by atomic mass is 35.5. The lowest BCUT2D eigenvalue weighted by Gasteiger charge is -2.37. The minimum Gasteiger partial charge on any atom is -0.511 e. The number of hydrogen-bond donors (Lipinski definition) is 2. The molecule has 8 heteroatoms. The van der Waals surface area contributed by atoms with E-state index in [9.17, 15) is 9.90 Å². The molecule has 5 nitrogen and oxygen atoms in total. The number of amides is 1. The fourth-order valence-corrected chi connectivity index (χ4v) is 5.80. The molecule has 0 fully saturated rings. The third-order valence-corrected chi connectivity index (χ3v) is 8.01. The first-order chi connectivity index (χ1) is 17.0. The highest BCUT2D eigenvalue weighted by Gasteiger charge is 2.44. The molecule has 1 aliphatic rings. The van der Waals surface area contributed by atoms with Gasteiger partial charge < -0.3 is 15.2 Å². The van der Waals surface area contributed by atoms with Crippen LogP contribution in [-0.2, 0) is 16.9 Å². The summed E-state index contributed by atoms with van der Waals surface area (Å²) in [5.41, 5.74) is 1.43. The fraction of sp³-hybridized carbons (Fsp3) is 0.111. The topological polar surface area (TPSA) is 71.5 Å². The van der Waals surface area contributed by atoms with Crippen molar-refractivity contribution in [2.24, 2.45) is 0 Å². The van der Waals surface area contributed by atoms with Crippen LogP contribution >= 0.6 is 34.7 Å². The van der Waals surface area contributed by atoms with Crippen LogP contribution < -0.4 is 10.1 Å². The van der Waals surface area contributed by atoms with Crippen molar-refractivity contribution >= 4 is 40.6 Å². The zero-order valence-corrected chi connectivity index (χ0v) is 20.9. The van der Waals surface area contributed by atoms with Gasteiger partial charge in [0.1, 0.15) is 22.8 Å². The molecule has 1 aliphatic heterocycles. The Morgan fingerprint density at radius 2 is 1.86 bits per heavy atom. The number of aliphatic hydroxyl groups excluding tert-OH is 1. The van der Waals surface area contributed by atoms with E-state index in [0.717, 1.165) is 22.9 Å². The van der Waals surface area contributed by atoms with Crippen LogP contribution in [0.2, 0.25) is 5.02 Å². The molecule has 1 unspecified atom stereocenters. The molecule has 2 N–H and O–H groups in total. The van der Waals surface area contributed by atoms with Gasteiger partial charge in [0, 0.05) is 17.4 Å². The molecular formula is C27H21ClN2O3S2. The van der Waals surface area contributed by atoms with Gasteiger partial charge >= 0.3 is 0 Å². The second-order valence-electron chi connectivity index (χ2n) is 7.99. The molecule has 2 aromatic heterocycles. The van der Waals surface area contributed by atoms with Gasteiger partial charge in [0.15, 0.2) is 0 Å². The number of halogens is 1. The third-order valence-electron chi connectivity index (χ3n) is 5.68. The molecule has 2 aromatic carbocycles. The van der Waals surface area contributed by atoms with Crippen LogP contribution in [0, 0.1) is 0 Å². The van der Waals surface area contributed by atoms with Crippen molar-refractivity contribution in [1.82, 2.24) is 10.3 Å². The average molecular weight is 521 g/mol. The second kappa shape index (κ2) is 10.2. The predicted octanol–water partition coefficient (Wildman–Crippen LogP) is 6.70. The summed E-state index contributed by atoms with van der Waals surface area (Å²) >= 11 is 8.95. The van der Waals surface area contributed by atoms with Crippen molar-refractivity contribution in [2.75, 3.05) is 0 Å². The van der Waals surface area contributed by atoms with Gasteiger partial charge in [-0.05, 0) is 46.2 Å². The van der Waals surface area contributed by atoms with Crippen LogP contribution in [0.25, 0.3) is 0 Å². The Morgan fingerprint density at radius 1 is 1.06 bits per heavy atom. The van der Waals surface area contributed by atoms with E-state index in [4.69, 9.17) is 21.3 Å². The summed E-state index contributed by atoms with van der Waals surface area (Å²) in [6, 6.07) is 24.5. The van der Waals surface area contributed by atoms with Crippen LogP contribution in [0.15, 0.2) is 105 Å². The third kappa shape index (κ3) is 4.93. The molecule has 0 spiro atoms. The lowest BCUT2D eigenvalue weighted by Crippen LogP contribution is -2.50. The predicted molar refractivity (Wildman–Crippen MR) is 140 cm³/mol. The van der Waals surface area contributed by atoms with Gasteiger partial charge in [0.25, 0.3) is 5.91 Å². The number of rotatable bonds is 7. The zero-order chi connectivity index (χ0) is 24.3. The zero-order valence-electron chi connectivity index (χ0n) is 18.5. The molecule has 176 valence electrons. The van der Waals surface area contributed by atoms with Crippen LogP contribution in [0.3, 0.4) is 0 Å². The molecule has 35 heavy (non-hydrogen) atoms. The minimum atomic E-state index is -1.03. The van der Waals surface area contributed by atoms with E-state index in [0.29, 0.717) is 28.1 Å². The molecule has 0 radical (unpaired) electrons. The minimum absolute atomic E-state index is 0.0118. The lowest BCUT2D eigenvalue weighted by atomic mass is 9.82. The fourth-order valence-electron chi connectivity index (χ4n) is 3.95. The van der Waals surface area contributed by atoms with E-state index in [1.54, 1.807) is 12.1 Å². The molecule has 0 aliphatic carbocycles.